The fourth-order valence-electron chi connectivity index (χ4n) is 1.13. The monoisotopic (exact) mass is 130 g/mol. The van der Waals surface area contributed by atoms with E-state index in [9.17, 15) is 0 Å². The van der Waals surface area contributed by atoms with Gasteiger partial charge in [0, 0.05) is 6.42 Å². The fourth-order valence-corrected chi connectivity index (χ4v) is 1.13. The van der Waals surface area contributed by atoms with Crippen LogP contribution in [0.3, 0.4) is 0 Å². The molecule has 1 rings (SSSR count). The Morgan fingerprint density at radius 2 is 2.22 bits per heavy atom. The van der Waals surface area contributed by atoms with Crippen molar-refractivity contribution >= 4 is 0 Å². The van der Waals surface area contributed by atoms with Crippen LogP contribution in [0.2, 0.25) is 0 Å². The summed E-state index contributed by atoms with van der Waals surface area (Å²) in [5.41, 5.74) is -0.181. The highest BCUT2D eigenvalue weighted by molar-refractivity contribution is 4.89. The zero-order chi connectivity index (χ0) is 6.91. The molecular formula is C7H14O2. The maximum absolute atomic E-state index is 8.88. The van der Waals surface area contributed by atoms with Crippen LogP contribution < -0.4 is 0 Å². The molecule has 1 heterocycles. The van der Waals surface area contributed by atoms with Gasteiger partial charge in [0.1, 0.15) is 0 Å². The molecule has 0 bridgehead atoms. The van der Waals surface area contributed by atoms with Crippen molar-refractivity contribution in [3.8, 4) is 0 Å². The molecule has 1 saturated heterocycles. The minimum atomic E-state index is -0.181. The molecule has 0 aromatic heterocycles. The van der Waals surface area contributed by atoms with Crippen molar-refractivity contribution in [3.05, 3.63) is 0 Å². The smallest absolute Gasteiger partial charge is 0.0956 e. The van der Waals surface area contributed by atoms with E-state index >= 15 is 0 Å². The number of aliphatic hydroxyl groups excluding tert-OH is 1. The Morgan fingerprint density at radius 3 is 2.22 bits per heavy atom. The van der Waals surface area contributed by atoms with E-state index in [2.05, 4.69) is 13.8 Å². The predicted octanol–water partition coefficient (Wildman–Crippen LogP) is 0.794. The highest BCUT2D eigenvalue weighted by Crippen LogP contribution is 2.33. The maximum Gasteiger partial charge on any atom is 0.0956 e. The largest absolute Gasteiger partial charge is 0.393 e. The number of aliphatic hydroxyl groups is 1. The van der Waals surface area contributed by atoms with Gasteiger partial charge in [-0.2, -0.15) is 0 Å². The van der Waals surface area contributed by atoms with Gasteiger partial charge in [0.25, 0.3) is 0 Å². The van der Waals surface area contributed by atoms with Crippen LogP contribution in [0.4, 0.5) is 0 Å². The van der Waals surface area contributed by atoms with E-state index in [-0.39, 0.29) is 12.2 Å². The van der Waals surface area contributed by atoms with Crippen molar-refractivity contribution in [2.45, 2.75) is 25.9 Å². The lowest BCUT2D eigenvalue weighted by atomic mass is 9.84. The minimum Gasteiger partial charge on any atom is -0.393 e. The van der Waals surface area contributed by atoms with Crippen LogP contribution in [0.15, 0.2) is 0 Å². The molecule has 54 valence electrons. The molecule has 0 amide bonds. The number of hydrogen-bond acceptors (Lipinski definition) is 2. The molecule has 1 unspecified atom stereocenters. The molecule has 0 radical (unpaired) electrons. The first kappa shape index (κ1) is 7.03. The van der Waals surface area contributed by atoms with E-state index in [0.717, 1.165) is 13.0 Å². The van der Waals surface area contributed by atoms with Gasteiger partial charge in [-0.1, -0.05) is 13.8 Å². The Labute approximate surface area is 55.8 Å². The van der Waals surface area contributed by atoms with Crippen LogP contribution in [0.1, 0.15) is 20.3 Å². The SMILES string of the molecule is CC(C)C1(CO)CCO1. The lowest BCUT2D eigenvalue weighted by Gasteiger charge is -2.43. The second-order valence-electron chi connectivity index (χ2n) is 2.98. The topological polar surface area (TPSA) is 29.5 Å². The average molecular weight is 130 g/mol. The zero-order valence-electron chi connectivity index (χ0n) is 6.05. The van der Waals surface area contributed by atoms with Gasteiger partial charge in [0.2, 0.25) is 0 Å². The summed E-state index contributed by atoms with van der Waals surface area (Å²) >= 11 is 0. The normalized spacial score (nSPS) is 34.7. The molecule has 2 heteroatoms. The maximum atomic E-state index is 8.88. The van der Waals surface area contributed by atoms with Gasteiger partial charge in [-0.25, -0.2) is 0 Å². The highest BCUT2D eigenvalue weighted by atomic mass is 16.5. The van der Waals surface area contributed by atoms with Crippen molar-refractivity contribution < 1.29 is 9.84 Å². The van der Waals surface area contributed by atoms with Gasteiger partial charge in [-0.3, -0.25) is 0 Å². The molecule has 9 heavy (non-hydrogen) atoms. The average Bonchev–Trinajstić information content (AvgIpc) is 1.62. The number of ether oxygens (including phenoxy) is 1. The van der Waals surface area contributed by atoms with E-state index in [1.807, 2.05) is 0 Å². The fraction of sp³-hybridized carbons (Fsp3) is 1.00. The van der Waals surface area contributed by atoms with Crippen LogP contribution >= 0.6 is 0 Å². The van der Waals surface area contributed by atoms with E-state index in [0.29, 0.717) is 5.92 Å². The molecule has 1 N–H and O–H groups in total. The molecule has 1 aliphatic rings. The molecule has 0 aromatic carbocycles. The Hall–Kier alpha value is -0.0800. The molecule has 1 atom stereocenters. The summed E-state index contributed by atoms with van der Waals surface area (Å²) in [6.07, 6.45) is 1.02. The summed E-state index contributed by atoms with van der Waals surface area (Å²) in [5, 5.41) is 8.88. The molecule has 0 aromatic rings. The summed E-state index contributed by atoms with van der Waals surface area (Å²) in [5.74, 6) is 0.441. The van der Waals surface area contributed by atoms with Gasteiger partial charge < -0.3 is 9.84 Å². The van der Waals surface area contributed by atoms with Crippen molar-refractivity contribution in [1.29, 1.82) is 0 Å². The van der Waals surface area contributed by atoms with Gasteiger partial charge in [-0.15, -0.1) is 0 Å². The Kier molecular flexibility index (Phi) is 1.78. The Balaban J connectivity index is 2.46. The van der Waals surface area contributed by atoms with E-state index in [1.165, 1.54) is 0 Å². The molecule has 0 aliphatic carbocycles. The Bertz CT molecular complexity index is 89.6. The molecule has 1 fully saturated rings. The molecule has 0 saturated carbocycles. The van der Waals surface area contributed by atoms with E-state index in [1.54, 1.807) is 0 Å². The summed E-state index contributed by atoms with van der Waals surface area (Å²) in [7, 11) is 0. The molecular weight excluding hydrogens is 116 g/mol. The lowest BCUT2D eigenvalue weighted by molar-refractivity contribution is -0.195. The predicted molar refractivity (Wildman–Crippen MR) is 35.2 cm³/mol. The molecule has 1 aliphatic heterocycles. The quantitative estimate of drug-likeness (QED) is 0.599. The van der Waals surface area contributed by atoms with Crippen molar-refractivity contribution in [2.75, 3.05) is 13.2 Å². The molecule has 0 spiro atoms. The van der Waals surface area contributed by atoms with Gasteiger partial charge in [0.15, 0.2) is 0 Å². The van der Waals surface area contributed by atoms with Gasteiger partial charge in [0.05, 0.1) is 18.8 Å². The second-order valence-corrected chi connectivity index (χ2v) is 2.98. The van der Waals surface area contributed by atoms with Gasteiger partial charge in [-0.05, 0) is 5.92 Å². The van der Waals surface area contributed by atoms with Gasteiger partial charge >= 0.3 is 0 Å². The number of rotatable bonds is 2. The first-order valence-corrected chi connectivity index (χ1v) is 3.46. The van der Waals surface area contributed by atoms with E-state index < -0.39 is 0 Å². The first-order chi connectivity index (χ1) is 4.21. The third-order valence-electron chi connectivity index (χ3n) is 2.23. The second kappa shape index (κ2) is 2.27. The third-order valence-corrected chi connectivity index (χ3v) is 2.23. The highest BCUT2D eigenvalue weighted by Gasteiger charge is 2.40. The van der Waals surface area contributed by atoms with Crippen LogP contribution in [0.5, 0.6) is 0 Å². The minimum absolute atomic E-state index is 0.171. The lowest BCUT2D eigenvalue weighted by Crippen LogP contribution is -2.51. The van der Waals surface area contributed by atoms with Crippen molar-refractivity contribution in [1.82, 2.24) is 0 Å². The van der Waals surface area contributed by atoms with Crippen molar-refractivity contribution in [2.24, 2.45) is 5.92 Å². The van der Waals surface area contributed by atoms with Crippen LogP contribution in [0, 0.1) is 5.92 Å². The first-order valence-electron chi connectivity index (χ1n) is 3.46. The molecule has 2 nitrogen and oxygen atoms in total. The zero-order valence-corrected chi connectivity index (χ0v) is 6.05. The third kappa shape index (κ3) is 0.970. The summed E-state index contributed by atoms with van der Waals surface area (Å²) in [4.78, 5) is 0. The number of hydrogen-bond donors (Lipinski definition) is 1. The van der Waals surface area contributed by atoms with E-state index in [4.69, 9.17) is 9.84 Å². The summed E-state index contributed by atoms with van der Waals surface area (Å²) in [6, 6.07) is 0. The van der Waals surface area contributed by atoms with Crippen LogP contribution in [0.25, 0.3) is 0 Å². The van der Waals surface area contributed by atoms with Crippen LogP contribution in [-0.2, 0) is 4.74 Å². The van der Waals surface area contributed by atoms with Crippen molar-refractivity contribution in [3.63, 3.8) is 0 Å². The standard InChI is InChI=1S/C7H14O2/c1-6(2)7(5-8)3-4-9-7/h6,8H,3-5H2,1-2H3. The summed E-state index contributed by atoms with van der Waals surface area (Å²) in [6.45, 7) is 5.15. The Morgan fingerprint density at radius 1 is 1.67 bits per heavy atom. The van der Waals surface area contributed by atoms with Crippen LogP contribution in [-0.4, -0.2) is 23.9 Å². The summed E-state index contributed by atoms with van der Waals surface area (Å²) < 4.78 is 5.28.